The monoisotopic (exact) mass is 236 g/mol. The molecule has 1 aromatic heterocycles. The number of hydrogen-bond acceptors (Lipinski definition) is 3. The highest BCUT2D eigenvalue weighted by Crippen LogP contribution is 2.06. The van der Waals surface area contributed by atoms with Gasteiger partial charge in [-0.1, -0.05) is 0 Å². The molecule has 92 valence electrons. The molecule has 1 aliphatic rings. The van der Waals surface area contributed by atoms with Gasteiger partial charge in [-0.3, -0.25) is 14.3 Å². The molecule has 6 nitrogen and oxygen atoms in total. The van der Waals surface area contributed by atoms with Crippen molar-refractivity contribution < 1.29 is 9.59 Å². The molecular formula is C11H16N4O2. The van der Waals surface area contributed by atoms with Crippen LogP contribution in [-0.4, -0.2) is 39.6 Å². The van der Waals surface area contributed by atoms with E-state index in [0.717, 1.165) is 12.1 Å². The van der Waals surface area contributed by atoms with Crippen molar-refractivity contribution >= 4 is 11.8 Å². The number of nitrogens with one attached hydrogen (secondary N) is 1. The van der Waals surface area contributed by atoms with Gasteiger partial charge in [0.05, 0.1) is 12.7 Å². The Labute approximate surface area is 99.6 Å². The zero-order chi connectivity index (χ0) is 12.3. The average molecular weight is 236 g/mol. The van der Waals surface area contributed by atoms with Crippen LogP contribution in [-0.2, 0) is 22.7 Å². The van der Waals surface area contributed by atoms with E-state index in [-0.39, 0.29) is 18.4 Å². The van der Waals surface area contributed by atoms with Crippen molar-refractivity contribution in [2.45, 2.75) is 26.4 Å². The topological polar surface area (TPSA) is 67.2 Å². The van der Waals surface area contributed by atoms with Gasteiger partial charge >= 0.3 is 0 Å². The predicted molar refractivity (Wildman–Crippen MR) is 60.9 cm³/mol. The smallest absolute Gasteiger partial charge is 0.242 e. The van der Waals surface area contributed by atoms with Crippen molar-refractivity contribution in [2.24, 2.45) is 0 Å². The minimum atomic E-state index is -0.0647. The lowest BCUT2D eigenvalue weighted by molar-refractivity contribution is -0.130. The number of rotatable bonds is 3. The SMILES string of the molecule is CCn1cc(CN2CCC(=O)NCC2=O)cn1. The highest BCUT2D eigenvalue weighted by Gasteiger charge is 2.20. The summed E-state index contributed by atoms with van der Waals surface area (Å²) in [7, 11) is 0. The third-order valence-corrected chi connectivity index (χ3v) is 2.78. The number of nitrogens with zero attached hydrogens (tertiary/aromatic N) is 3. The van der Waals surface area contributed by atoms with Gasteiger partial charge in [-0.2, -0.15) is 5.10 Å². The fourth-order valence-corrected chi connectivity index (χ4v) is 1.78. The number of aryl methyl sites for hydroxylation is 1. The molecule has 0 aliphatic carbocycles. The van der Waals surface area contributed by atoms with E-state index < -0.39 is 0 Å². The van der Waals surface area contributed by atoms with E-state index in [2.05, 4.69) is 10.4 Å². The molecule has 2 amide bonds. The second kappa shape index (κ2) is 4.99. The summed E-state index contributed by atoms with van der Waals surface area (Å²) < 4.78 is 1.82. The number of hydrogen-bond donors (Lipinski definition) is 1. The van der Waals surface area contributed by atoms with Crippen LogP contribution in [0.3, 0.4) is 0 Å². The summed E-state index contributed by atoms with van der Waals surface area (Å²) >= 11 is 0. The molecule has 1 N–H and O–H groups in total. The van der Waals surface area contributed by atoms with Gasteiger partial charge in [0, 0.05) is 37.8 Å². The van der Waals surface area contributed by atoms with Crippen LogP contribution >= 0.6 is 0 Å². The molecule has 0 saturated carbocycles. The fourth-order valence-electron chi connectivity index (χ4n) is 1.78. The Hall–Kier alpha value is -1.85. The minimum Gasteiger partial charge on any atom is -0.347 e. The van der Waals surface area contributed by atoms with Crippen molar-refractivity contribution in [3.8, 4) is 0 Å². The summed E-state index contributed by atoms with van der Waals surface area (Å²) in [6, 6.07) is 0. The van der Waals surface area contributed by atoms with Gasteiger partial charge in [0.15, 0.2) is 0 Å². The molecule has 0 bridgehead atoms. The molecule has 2 rings (SSSR count). The normalized spacial score (nSPS) is 16.9. The van der Waals surface area contributed by atoms with Crippen molar-refractivity contribution in [2.75, 3.05) is 13.1 Å². The first kappa shape index (κ1) is 11.6. The molecule has 1 aliphatic heterocycles. The lowest BCUT2D eigenvalue weighted by Crippen LogP contribution is -2.34. The third-order valence-electron chi connectivity index (χ3n) is 2.78. The van der Waals surface area contributed by atoms with Crippen molar-refractivity contribution in [1.29, 1.82) is 0 Å². The molecular weight excluding hydrogens is 220 g/mol. The van der Waals surface area contributed by atoms with Gasteiger partial charge in [0.1, 0.15) is 0 Å². The number of carbonyl (C=O) groups excluding carboxylic acids is 2. The summed E-state index contributed by atoms with van der Waals surface area (Å²) in [4.78, 5) is 24.6. The van der Waals surface area contributed by atoms with Crippen LogP contribution in [0.5, 0.6) is 0 Å². The lowest BCUT2D eigenvalue weighted by Gasteiger charge is -2.18. The van der Waals surface area contributed by atoms with Crippen LogP contribution in [0.1, 0.15) is 18.9 Å². The average Bonchev–Trinajstić information content (AvgIpc) is 2.72. The Balaban J connectivity index is 2.01. The molecule has 0 aromatic carbocycles. The number of aromatic nitrogens is 2. The molecule has 1 aromatic rings. The first-order valence-corrected chi connectivity index (χ1v) is 5.75. The van der Waals surface area contributed by atoms with Gasteiger partial charge in [0.25, 0.3) is 0 Å². The standard InChI is InChI=1S/C11H16N4O2/c1-2-15-8-9(5-13-15)7-14-4-3-10(16)12-6-11(14)17/h5,8H,2-4,6-7H2,1H3,(H,12,16). The van der Waals surface area contributed by atoms with Crippen molar-refractivity contribution in [3.63, 3.8) is 0 Å². The molecule has 0 spiro atoms. The molecule has 0 unspecified atom stereocenters. The molecule has 2 heterocycles. The second-order valence-corrected chi connectivity index (χ2v) is 4.05. The highest BCUT2D eigenvalue weighted by atomic mass is 16.2. The first-order valence-electron chi connectivity index (χ1n) is 5.75. The van der Waals surface area contributed by atoms with Crippen LogP contribution in [0.15, 0.2) is 12.4 Å². The molecule has 6 heteroatoms. The second-order valence-electron chi connectivity index (χ2n) is 4.05. The zero-order valence-electron chi connectivity index (χ0n) is 9.85. The summed E-state index contributed by atoms with van der Waals surface area (Å²) in [5, 5.41) is 6.74. The minimum absolute atomic E-state index is 0.0416. The van der Waals surface area contributed by atoms with E-state index in [4.69, 9.17) is 0 Å². The van der Waals surface area contributed by atoms with E-state index in [1.807, 2.05) is 17.8 Å². The quantitative estimate of drug-likeness (QED) is 0.787. The third kappa shape index (κ3) is 2.83. The van der Waals surface area contributed by atoms with E-state index in [1.165, 1.54) is 0 Å². The number of amides is 2. The van der Waals surface area contributed by atoms with Crippen LogP contribution in [0.25, 0.3) is 0 Å². The summed E-state index contributed by atoms with van der Waals surface area (Å²) in [5.74, 6) is -0.106. The summed E-state index contributed by atoms with van der Waals surface area (Å²) in [6.45, 7) is 3.92. The Morgan fingerprint density at radius 2 is 2.29 bits per heavy atom. The van der Waals surface area contributed by atoms with Gasteiger partial charge < -0.3 is 10.2 Å². The largest absolute Gasteiger partial charge is 0.347 e. The molecule has 17 heavy (non-hydrogen) atoms. The Kier molecular flexibility index (Phi) is 3.41. The van der Waals surface area contributed by atoms with Gasteiger partial charge in [-0.15, -0.1) is 0 Å². The predicted octanol–water partition coefficient (Wildman–Crippen LogP) is -0.249. The lowest BCUT2D eigenvalue weighted by atomic mass is 10.3. The zero-order valence-corrected chi connectivity index (χ0v) is 9.85. The Morgan fingerprint density at radius 1 is 1.47 bits per heavy atom. The van der Waals surface area contributed by atoms with Crippen LogP contribution in [0.4, 0.5) is 0 Å². The fraction of sp³-hybridized carbons (Fsp3) is 0.545. The van der Waals surface area contributed by atoms with Gasteiger partial charge in [0.2, 0.25) is 11.8 Å². The van der Waals surface area contributed by atoms with Crippen LogP contribution in [0, 0.1) is 0 Å². The highest BCUT2D eigenvalue weighted by molar-refractivity contribution is 5.87. The maximum absolute atomic E-state index is 11.7. The molecule has 0 radical (unpaired) electrons. The first-order chi connectivity index (χ1) is 8.19. The molecule has 1 fully saturated rings. The van der Waals surface area contributed by atoms with E-state index in [9.17, 15) is 9.59 Å². The van der Waals surface area contributed by atoms with Crippen molar-refractivity contribution in [1.82, 2.24) is 20.0 Å². The van der Waals surface area contributed by atoms with Crippen molar-refractivity contribution in [3.05, 3.63) is 18.0 Å². The van der Waals surface area contributed by atoms with E-state index >= 15 is 0 Å². The summed E-state index contributed by atoms with van der Waals surface area (Å²) in [6.07, 6.45) is 4.05. The Bertz CT molecular complexity index is 427. The van der Waals surface area contributed by atoms with Crippen LogP contribution < -0.4 is 5.32 Å². The van der Waals surface area contributed by atoms with E-state index in [1.54, 1.807) is 11.1 Å². The summed E-state index contributed by atoms with van der Waals surface area (Å²) in [5.41, 5.74) is 0.995. The molecule has 0 atom stereocenters. The maximum Gasteiger partial charge on any atom is 0.242 e. The molecule has 1 saturated heterocycles. The Morgan fingerprint density at radius 3 is 3.00 bits per heavy atom. The van der Waals surface area contributed by atoms with Gasteiger partial charge in [-0.25, -0.2) is 0 Å². The number of carbonyl (C=O) groups is 2. The van der Waals surface area contributed by atoms with Crippen LogP contribution in [0.2, 0.25) is 0 Å². The van der Waals surface area contributed by atoms with Gasteiger partial charge in [-0.05, 0) is 6.92 Å². The van der Waals surface area contributed by atoms with E-state index in [0.29, 0.717) is 19.5 Å². The maximum atomic E-state index is 11.7.